The second kappa shape index (κ2) is 6.65. The first-order valence-electron chi connectivity index (χ1n) is 6.91. The molecule has 1 aliphatic heterocycles. The summed E-state index contributed by atoms with van der Waals surface area (Å²) < 4.78 is 5.34. The molecule has 2 aromatic rings. The number of rotatable bonds is 4. The lowest BCUT2D eigenvalue weighted by Crippen LogP contribution is -2.53. The zero-order valence-electron chi connectivity index (χ0n) is 11.8. The number of nitrogens with one attached hydrogen (secondary N) is 1. The standard InChI is InChI=1S/C15H15N3O3S/c19-13-5-9-22-14(10-12-2-1-8-21-12)18(13)17-15(20)11-3-6-16-7-4-11/h1-4,6-8,14H,5,9-10H2,(H,17,20). The van der Waals surface area contributed by atoms with Gasteiger partial charge < -0.3 is 4.42 Å². The topological polar surface area (TPSA) is 75.4 Å². The molecule has 7 heteroatoms. The molecular weight excluding hydrogens is 302 g/mol. The summed E-state index contributed by atoms with van der Waals surface area (Å²) in [4.78, 5) is 28.3. The molecule has 1 aliphatic rings. The molecule has 1 N–H and O–H groups in total. The summed E-state index contributed by atoms with van der Waals surface area (Å²) in [5.74, 6) is 1.13. The van der Waals surface area contributed by atoms with Gasteiger partial charge in [0.05, 0.1) is 6.26 Å². The van der Waals surface area contributed by atoms with Crippen LogP contribution in [0.1, 0.15) is 22.5 Å². The maximum atomic E-state index is 12.2. The number of thioether (sulfide) groups is 1. The third kappa shape index (κ3) is 3.30. The first kappa shape index (κ1) is 14.6. The van der Waals surface area contributed by atoms with Gasteiger partial charge in [-0.25, -0.2) is 5.01 Å². The van der Waals surface area contributed by atoms with Gasteiger partial charge in [-0.05, 0) is 24.3 Å². The fourth-order valence-electron chi connectivity index (χ4n) is 2.20. The Labute approximate surface area is 131 Å². The maximum absolute atomic E-state index is 12.2. The van der Waals surface area contributed by atoms with Gasteiger partial charge in [0.1, 0.15) is 11.1 Å². The fourth-order valence-corrected chi connectivity index (χ4v) is 3.37. The van der Waals surface area contributed by atoms with Crippen LogP contribution >= 0.6 is 11.8 Å². The van der Waals surface area contributed by atoms with Crippen molar-refractivity contribution in [1.29, 1.82) is 0 Å². The molecule has 6 nitrogen and oxygen atoms in total. The molecule has 0 bridgehead atoms. The van der Waals surface area contributed by atoms with Crippen molar-refractivity contribution in [3.63, 3.8) is 0 Å². The number of furan rings is 1. The van der Waals surface area contributed by atoms with E-state index in [1.165, 1.54) is 5.01 Å². The van der Waals surface area contributed by atoms with E-state index in [0.717, 1.165) is 11.5 Å². The Morgan fingerprint density at radius 1 is 1.41 bits per heavy atom. The number of hydrogen-bond donors (Lipinski definition) is 1. The van der Waals surface area contributed by atoms with Crippen LogP contribution in [0.4, 0.5) is 0 Å². The Balaban J connectivity index is 1.72. The predicted octanol–water partition coefficient (Wildman–Crippen LogP) is 1.85. The molecule has 3 rings (SSSR count). The second-order valence-electron chi connectivity index (χ2n) is 4.80. The molecule has 0 aromatic carbocycles. The predicted molar refractivity (Wildman–Crippen MR) is 81.8 cm³/mol. The van der Waals surface area contributed by atoms with E-state index in [4.69, 9.17) is 4.42 Å². The highest BCUT2D eigenvalue weighted by Crippen LogP contribution is 2.26. The van der Waals surface area contributed by atoms with Crippen molar-refractivity contribution in [2.24, 2.45) is 0 Å². The molecule has 0 saturated carbocycles. The van der Waals surface area contributed by atoms with E-state index < -0.39 is 0 Å². The molecule has 1 fully saturated rings. The van der Waals surface area contributed by atoms with Crippen LogP contribution in [0.25, 0.3) is 0 Å². The highest BCUT2D eigenvalue weighted by molar-refractivity contribution is 7.99. The largest absolute Gasteiger partial charge is 0.469 e. The monoisotopic (exact) mass is 317 g/mol. The maximum Gasteiger partial charge on any atom is 0.270 e. The minimum Gasteiger partial charge on any atom is -0.469 e. The van der Waals surface area contributed by atoms with Crippen molar-refractivity contribution in [2.75, 3.05) is 5.75 Å². The number of carbonyl (C=O) groups excluding carboxylic acids is 2. The van der Waals surface area contributed by atoms with Crippen molar-refractivity contribution in [2.45, 2.75) is 18.2 Å². The van der Waals surface area contributed by atoms with Gasteiger partial charge in [-0.15, -0.1) is 11.8 Å². The molecule has 1 unspecified atom stereocenters. The van der Waals surface area contributed by atoms with Gasteiger partial charge in [0, 0.05) is 36.6 Å². The van der Waals surface area contributed by atoms with Gasteiger partial charge in [-0.3, -0.25) is 20.0 Å². The molecule has 1 saturated heterocycles. The van der Waals surface area contributed by atoms with Gasteiger partial charge in [0.25, 0.3) is 5.91 Å². The van der Waals surface area contributed by atoms with Gasteiger partial charge in [-0.2, -0.15) is 0 Å². The Morgan fingerprint density at radius 3 is 2.95 bits per heavy atom. The van der Waals surface area contributed by atoms with Crippen LogP contribution in [-0.4, -0.2) is 32.9 Å². The highest BCUT2D eigenvalue weighted by atomic mass is 32.2. The number of aromatic nitrogens is 1. The average Bonchev–Trinajstić information content (AvgIpc) is 3.04. The van der Waals surface area contributed by atoms with Crippen molar-refractivity contribution >= 4 is 23.6 Å². The number of pyridine rings is 1. The summed E-state index contributed by atoms with van der Waals surface area (Å²) >= 11 is 1.63. The van der Waals surface area contributed by atoms with Gasteiger partial charge in [0.15, 0.2) is 0 Å². The van der Waals surface area contributed by atoms with E-state index in [9.17, 15) is 9.59 Å². The van der Waals surface area contributed by atoms with Crippen LogP contribution in [0.5, 0.6) is 0 Å². The fraction of sp³-hybridized carbons (Fsp3) is 0.267. The zero-order chi connectivity index (χ0) is 15.4. The lowest BCUT2D eigenvalue weighted by molar-refractivity contribution is -0.134. The normalized spacial score (nSPS) is 18.3. The minimum absolute atomic E-state index is 0.0855. The molecule has 2 amide bonds. The Hall–Kier alpha value is -2.28. The van der Waals surface area contributed by atoms with E-state index in [1.807, 2.05) is 12.1 Å². The summed E-state index contributed by atoms with van der Waals surface area (Å²) in [6.07, 6.45) is 5.66. The van der Waals surface area contributed by atoms with Crippen LogP contribution in [0.2, 0.25) is 0 Å². The number of hydrogen-bond acceptors (Lipinski definition) is 5. The minimum atomic E-state index is -0.317. The molecule has 0 spiro atoms. The third-order valence-electron chi connectivity index (χ3n) is 3.30. The van der Waals surface area contributed by atoms with Crippen LogP contribution in [0, 0.1) is 0 Å². The van der Waals surface area contributed by atoms with E-state index in [2.05, 4.69) is 10.4 Å². The highest BCUT2D eigenvalue weighted by Gasteiger charge is 2.31. The summed E-state index contributed by atoms with van der Waals surface area (Å²) in [7, 11) is 0. The number of hydrazine groups is 1. The van der Waals surface area contributed by atoms with Crippen molar-refractivity contribution in [3.8, 4) is 0 Å². The Kier molecular flexibility index (Phi) is 4.43. The number of amides is 2. The summed E-state index contributed by atoms with van der Waals surface area (Å²) in [6.45, 7) is 0. The third-order valence-corrected chi connectivity index (χ3v) is 4.51. The molecule has 0 aliphatic carbocycles. The van der Waals surface area contributed by atoms with E-state index in [-0.39, 0.29) is 17.2 Å². The van der Waals surface area contributed by atoms with Gasteiger partial charge in [0.2, 0.25) is 5.91 Å². The molecule has 22 heavy (non-hydrogen) atoms. The van der Waals surface area contributed by atoms with E-state index >= 15 is 0 Å². The lowest BCUT2D eigenvalue weighted by Gasteiger charge is -2.34. The van der Waals surface area contributed by atoms with Crippen molar-refractivity contribution in [3.05, 3.63) is 54.2 Å². The van der Waals surface area contributed by atoms with Crippen molar-refractivity contribution in [1.82, 2.24) is 15.4 Å². The zero-order valence-corrected chi connectivity index (χ0v) is 12.6. The van der Waals surface area contributed by atoms with Crippen LogP contribution in [0.15, 0.2) is 47.3 Å². The van der Waals surface area contributed by atoms with Gasteiger partial charge in [-0.1, -0.05) is 0 Å². The van der Waals surface area contributed by atoms with E-state index in [0.29, 0.717) is 18.4 Å². The van der Waals surface area contributed by atoms with E-state index in [1.54, 1.807) is 42.6 Å². The molecule has 114 valence electrons. The summed E-state index contributed by atoms with van der Waals surface area (Å²) in [6, 6.07) is 6.89. The SMILES string of the molecule is O=C(NN1C(=O)CCSC1Cc1ccco1)c1ccncc1. The van der Waals surface area contributed by atoms with Crippen LogP contribution in [0.3, 0.4) is 0 Å². The average molecular weight is 317 g/mol. The van der Waals surface area contributed by atoms with Gasteiger partial charge >= 0.3 is 0 Å². The first-order valence-corrected chi connectivity index (χ1v) is 7.96. The molecule has 2 aromatic heterocycles. The smallest absolute Gasteiger partial charge is 0.270 e. The molecule has 1 atom stereocenters. The molecule has 0 radical (unpaired) electrons. The van der Waals surface area contributed by atoms with Crippen LogP contribution in [-0.2, 0) is 11.2 Å². The first-order chi connectivity index (χ1) is 10.7. The van der Waals surface area contributed by atoms with Crippen molar-refractivity contribution < 1.29 is 14.0 Å². The summed E-state index contributed by atoms with van der Waals surface area (Å²) in [5, 5.41) is 1.25. The number of carbonyl (C=O) groups is 2. The molecule has 3 heterocycles. The number of nitrogens with zero attached hydrogens (tertiary/aromatic N) is 2. The summed E-state index contributed by atoms with van der Waals surface area (Å²) in [5.41, 5.74) is 3.17. The van der Waals surface area contributed by atoms with Crippen LogP contribution < -0.4 is 5.43 Å². The Morgan fingerprint density at radius 2 is 2.23 bits per heavy atom. The Bertz CT molecular complexity index is 645. The molecular formula is C15H15N3O3S. The second-order valence-corrected chi connectivity index (χ2v) is 6.09. The lowest BCUT2D eigenvalue weighted by atomic mass is 10.2. The quantitative estimate of drug-likeness (QED) is 0.931.